The Kier molecular flexibility index (Phi) is 8.57. The van der Waals surface area contributed by atoms with E-state index in [1.165, 1.54) is 42.0 Å². The second-order valence-electron chi connectivity index (χ2n) is 8.96. The van der Waals surface area contributed by atoms with Crippen molar-refractivity contribution in [3.8, 4) is 0 Å². The molecule has 0 amide bonds. The second-order valence-corrected chi connectivity index (χ2v) is 13.1. The molecule has 1 heterocycles. The summed E-state index contributed by atoms with van der Waals surface area (Å²) >= 11 is 0. The first kappa shape index (κ1) is 24.7. The Balaban J connectivity index is 1.78. The quantitative estimate of drug-likeness (QED) is 0.522. The summed E-state index contributed by atoms with van der Waals surface area (Å²) in [6.07, 6.45) is 7.18. The van der Waals surface area contributed by atoms with Crippen LogP contribution in [0.5, 0.6) is 0 Å². The molecule has 0 radical (unpaired) electrons. The maximum atomic E-state index is 13.6. The molecule has 1 saturated heterocycles. The molecule has 0 unspecified atom stereocenters. The molecule has 0 spiro atoms. The summed E-state index contributed by atoms with van der Waals surface area (Å²) in [6.45, 7) is 7.18. The van der Waals surface area contributed by atoms with Crippen LogP contribution in [0.25, 0.3) is 0 Å². The summed E-state index contributed by atoms with van der Waals surface area (Å²) in [6, 6.07) is 6.90. The smallest absolute Gasteiger partial charge is 0.243 e. The Hall–Kier alpha value is -0.960. The van der Waals surface area contributed by atoms with E-state index in [4.69, 9.17) is 0 Å². The van der Waals surface area contributed by atoms with Gasteiger partial charge in [-0.2, -0.15) is 4.31 Å². The molecular weight excluding hydrogens is 432 g/mol. The Labute approximate surface area is 189 Å². The third-order valence-electron chi connectivity index (χ3n) is 6.93. The molecular formula is C23H38N2O4S2. The monoisotopic (exact) mass is 470 g/mol. The van der Waals surface area contributed by atoms with Crippen LogP contribution in [-0.4, -0.2) is 69.8 Å². The fourth-order valence-corrected chi connectivity index (χ4v) is 8.49. The zero-order valence-corrected chi connectivity index (χ0v) is 20.6. The van der Waals surface area contributed by atoms with Crippen LogP contribution in [0, 0.1) is 0 Å². The van der Waals surface area contributed by atoms with E-state index in [-0.39, 0.29) is 16.4 Å². The van der Waals surface area contributed by atoms with Crippen molar-refractivity contribution in [2.24, 2.45) is 0 Å². The molecule has 0 bridgehead atoms. The van der Waals surface area contributed by atoms with Gasteiger partial charge in [-0.25, -0.2) is 16.8 Å². The fourth-order valence-electron chi connectivity index (χ4n) is 4.97. The summed E-state index contributed by atoms with van der Waals surface area (Å²) in [5.41, 5.74) is 1.22. The molecule has 1 aromatic carbocycles. The Bertz CT molecular complexity index is 903. The summed E-state index contributed by atoms with van der Waals surface area (Å²) in [5, 5.41) is 0. The minimum absolute atomic E-state index is 0.0698. The van der Waals surface area contributed by atoms with Gasteiger partial charge in [0.15, 0.2) is 9.84 Å². The molecule has 1 aromatic rings. The highest BCUT2D eigenvalue weighted by atomic mass is 32.2. The number of hydrogen-bond donors (Lipinski definition) is 0. The average molecular weight is 471 g/mol. The highest BCUT2D eigenvalue weighted by Crippen LogP contribution is 2.33. The number of sulfone groups is 1. The van der Waals surface area contributed by atoms with Crippen molar-refractivity contribution in [2.45, 2.75) is 75.6 Å². The molecule has 2 aliphatic rings. The van der Waals surface area contributed by atoms with Crippen molar-refractivity contribution in [1.29, 1.82) is 0 Å². The van der Waals surface area contributed by atoms with Crippen LogP contribution < -0.4 is 0 Å². The molecule has 3 rings (SSSR count). The predicted molar refractivity (Wildman–Crippen MR) is 126 cm³/mol. The van der Waals surface area contributed by atoms with Gasteiger partial charge in [0.1, 0.15) is 0 Å². The molecule has 6 nitrogen and oxygen atoms in total. The molecule has 1 atom stereocenters. The maximum Gasteiger partial charge on any atom is 0.243 e. The van der Waals surface area contributed by atoms with E-state index < -0.39 is 25.9 Å². The van der Waals surface area contributed by atoms with Crippen LogP contribution in [0.3, 0.4) is 0 Å². The van der Waals surface area contributed by atoms with Gasteiger partial charge in [-0.3, -0.25) is 0 Å². The largest absolute Gasteiger partial charge is 0.304 e. The van der Waals surface area contributed by atoms with E-state index in [9.17, 15) is 16.8 Å². The lowest BCUT2D eigenvalue weighted by Gasteiger charge is -2.29. The molecule has 1 aliphatic heterocycles. The Morgan fingerprint density at radius 2 is 1.58 bits per heavy atom. The number of hydrogen-bond acceptors (Lipinski definition) is 5. The van der Waals surface area contributed by atoms with Gasteiger partial charge in [-0.05, 0) is 68.9 Å². The molecule has 0 N–H and O–H groups in total. The first-order chi connectivity index (χ1) is 14.8. The van der Waals surface area contributed by atoms with E-state index in [2.05, 4.69) is 18.7 Å². The average Bonchev–Trinajstić information content (AvgIpc) is 3.13. The van der Waals surface area contributed by atoms with Gasteiger partial charge in [-0.1, -0.05) is 45.2 Å². The third kappa shape index (κ3) is 6.30. The Morgan fingerprint density at radius 3 is 2.13 bits per heavy atom. The van der Waals surface area contributed by atoms with Crippen molar-refractivity contribution in [3.05, 3.63) is 29.8 Å². The third-order valence-corrected chi connectivity index (χ3v) is 10.6. The lowest BCUT2D eigenvalue weighted by molar-refractivity contribution is 0.269. The summed E-state index contributed by atoms with van der Waals surface area (Å²) in [5.74, 6) is 0.522. The van der Waals surface area contributed by atoms with Gasteiger partial charge < -0.3 is 4.90 Å². The molecule has 176 valence electrons. The van der Waals surface area contributed by atoms with E-state index >= 15 is 0 Å². The van der Waals surface area contributed by atoms with Crippen molar-refractivity contribution in [1.82, 2.24) is 9.21 Å². The van der Waals surface area contributed by atoms with Crippen LogP contribution in [0.15, 0.2) is 29.2 Å². The topological polar surface area (TPSA) is 74.8 Å². The minimum Gasteiger partial charge on any atom is -0.304 e. The molecule has 1 saturated carbocycles. The van der Waals surface area contributed by atoms with Gasteiger partial charge in [0.2, 0.25) is 10.0 Å². The maximum absolute atomic E-state index is 13.6. The van der Waals surface area contributed by atoms with E-state index in [1.54, 1.807) is 12.1 Å². The first-order valence-electron chi connectivity index (χ1n) is 11.8. The van der Waals surface area contributed by atoms with Crippen LogP contribution in [0.1, 0.15) is 70.3 Å². The Morgan fingerprint density at radius 1 is 0.935 bits per heavy atom. The zero-order valence-electron chi connectivity index (χ0n) is 19.0. The first-order valence-corrected chi connectivity index (χ1v) is 15.1. The van der Waals surface area contributed by atoms with Gasteiger partial charge >= 0.3 is 0 Å². The summed E-state index contributed by atoms with van der Waals surface area (Å²) in [4.78, 5) is 2.54. The zero-order chi connectivity index (χ0) is 22.5. The number of rotatable bonds is 10. The van der Waals surface area contributed by atoms with Crippen LogP contribution in [-0.2, 0) is 19.9 Å². The molecule has 1 aliphatic carbocycles. The SMILES string of the molecule is CCN(CC)CCCN([C@@H]1CCS(=O)(=O)C1)S(=O)(=O)c1ccc(C2CCCCC2)cc1. The normalized spacial score (nSPS) is 22.4. The van der Waals surface area contributed by atoms with Crippen LogP contribution in [0.2, 0.25) is 0 Å². The fraction of sp³-hybridized carbons (Fsp3) is 0.739. The van der Waals surface area contributed by atoms with Crippen molar-refractivity contribution in [2.75, 3.05) is 37.7 Å². The van der Waals surface area contributed by atoms with Crippen LogP contribution >= 0.6 is 0 Å². The molecule has 8 heteroatoms. The van der Waals surface area contributed by atoms with Gasteiger partial charge in [0.05, 0.1) is 16.4 Å². The predicted octanol–water partition coefficient (Wildman–Crippen LogP) is 3.64. The highest BCUT2D eigenvalue weighted by molar-refractivity contribution is 7.92. The number of nitrogens with zero attached hydrogens (tertiary/aromatic N) is 2. The lowest BCUT2D eigenvalue weighted by atomic mass is 9.84. The summed E-state index contributed by atoms with van der Waals surface area (Å²) < 4.78 is 52.7. The van der Waals surface area contributed by atoms with Gasteiger partial charge in [0.25, 0.3) is 0 Å². The number of benzene rings is 1. The second kappa shape index (κ2) is 10.8. The van der Waals surface area contributed by atoms with E-state index in [0.717, 1.165) is 19.6 Å². The number of sulfonamides is 1. The molecule has 31 heavy (non-hydrogen) atoms. The summed E-state index contributed by atoms with van der Waals surface area (Å²) in [7, 11) is -6.91. The lowest BCUT2D eigenvalue weighted by Crippen LogP contribution is -2.42. The van der Waals surface area contributed by atoms with Crippen molar-refractivity contribution < 1.29 is 16.8 Å². The molecule has 0 aromatic heterocycles. The van der Waals surface area contributed by atoms with E-state index in [1.807, 2.05) is 12.1 Å². The van der Waals surface area contributed by atoms with E-state index in [0.29, 0.717) is 25.3 Å². The van der Waals surface area contributed by atoms with Crippen LogP contribution in [0.4, 0.5) is 0 Å². The van der Waals surface area contributed by atoms with Crippen molar-refractivity contribution in [3.63, 3.8) is 0 Å². The van der Waals surface area contributed by atoms with Gasteiger partial charge in [-0.15, -0.1) is 0 Å². The molecule has 2 fully saturated rings. The van der Waals surface area contributed by atoms with Crippen molar-refractivity contribution >= 4 is 19.9 Å². The standard InChI is InChI=1S/C23H38N2O4S2/c1-3-24(4-2)16-8-17-25(22-15-18-30(26,27)19-22)31(28,29)23-13-11-21(12-14-23)20-9-6-5-7-10-20/h11-14,20,22H,3-10,15-19H2,1-2H3/t22-/m1/s1. The minimum atomic E-state index is -3.74. The van der Waals surface area contributed by atoms with Gasteiger partial charge in [0, 0.05) is 12.6 Å². The highest BCUT2D eigenvalue weighted by Gasteiger charge is 2.38.